The predicted molar refractivity (Wildman–Crippen MR) is 70.3 cm³/mol. The van der Waals surface area contributed by atoms with E-state index in [1.807, 2.05) is 38.1 Å². The van der Waals surface area contributed by atoms with Gasteiger partial charge in [0.25, 0.3) is 0 Å². The highest BCUT2D eigenvalue weighted by molar-refractivity contribution is 6.31. The van der Waals surface area contributed by atoms with Crippen LogP contribution in [0.1, 0.15) is 19.4 Å². The van der Waals surface area contributed by atoms with Crippen LogP contribution in [0.3, 0.4) is 0 Å². The second-order valence-electron chi connectivity index (χ2n) is 4.43. The number of halogens is 1. The maximum absolute atomic E-state index is 11.8. The molecule has 0 unspecified atom stereocenters. The molecule has 0 fully saturated rings. The summed E-state index contributed by atoms with van der Waals surface area (Å²) in [6.07, 6.45) is 2.18. The molecule has 1 aromatic carbocycles. The van der Waals surface area contributed by atoms with E-state index in [1.54, 1.807) is 6.20 Å². The van der Waals surface area contributed by atoms with Gasteiger partial charge in [-0.25, -0.2) is 0 Å². The normalized spacial score (nSPS) is 11.1. The Balaban J connectivity index is 2.44. The van der Waals surface area contributed by atoms with Crippen LogP contribution in [0.25, 0.3) is 10.9 Å². The zero-order chi connectivity index (χ0) is 12.4. The van der Waals surface area contributed by atoms with E-state index in [-0.39, 0.29) is 11.7 Å². The summed E-state index contributed by atoms with van der Waals surface area (Å²) in [5, 5.41) is 1.67. The Bertz CT molecular complexity index is 563. The molecule has 0 bridgehead atoms. The standard InChI is InChI=1S/C14H14ClNO/c1-9(2)14(17)7-10-5-6-16-13-8-11(15)3-4-12(10)13/h3-6,8-9H,7H2,1-2H3. The molecule has 0 saturated carbocycles. The minimum Gasteiger partial charge on any atom is -0.299 e. The number of carbonyl (C=O) groups excluding carboxylic acids is 1. The van der Waals surface area contributed by atoms with E-state index in [4.69, 9.17) is 11.6 Å². The highest BCUT2D eigenvalue weighted by Crippen LogP contribution is 2.21. The van der Waals surface area contributed by atoms with Gasteiger partial charge in [-0.3, -0.25) is 9.78 Å². The summed E-state index contributed by atoms with van der Waals surface area (Å²) in [6.45, 7) is 3.84. The van der Waals surface area contributed by atoms with Gasteiger partial charge in [0.05, 0.1) is 5.52 Å². The molecule has 3 heteroatoms. The van der Waals surface area contributed by atoms with E-state index in [2.05, 4.69) is 4.98 Å². The van der Waals surface area contributed by atoms with Crippen molar-refractivity contribution in [2.24, 2.45) is 5.92 Å². The van der Waals surface area contributed by atoms with Crippen LogP contribution in [0.5, 0.6) is 0 Å². The number of carbonyl (C=O) groups is 1. The van der Waals surface area contributed by atoms with E-state index in [0.717, 1.165) is 16.5 Å². The Hall–Kier alpha value is -1.41. The number of hydrogen-bond donors (Lipinski definition) is 0. The number of pyridine rings is 1. The zero-order valence-electron chi connectivity index (χ0n) is 9.90. The third kappa shape index (κ3) is 2.64. The first-order valence-electron chi connectivity index (χ1n) is 5.64. The van der Waals surface area contributed by atoms with Gasteiger partial charge in [0, 0.05) is 28.9 Å². The summed E-state index contributed by atoms with van der Waals surface area (Å²) in [4.78, 5) is 16.0. The van der Waals surface area contributed by atoms with Gasteiger partial charge >= 0.3 is 0 Å². The van der Waals surface area contributed by atoms with Crippen LogP contribution >= 0.6 is 11.6 Å². The van der Waals surface area contributed by atoms with Gasteiger partial charge in [-0.15, -0.1) is 0 Å². The smallest absolute Gasteiger partial charge is 0.139 e. The topological polar surface area (TPSA) is 30.0 Å². The number of fused-ring (bicyclic) bond motifs is 1. The van der Waals surface area contributed by atoms with Crippen LogP contribution in [-0.2, 0) is 11.2 Å². The molecule has 0 saturated heterocycles. The van der Waals surface area contributed by atoms with Gasteiger partial charge in [0.2, 0.25) is 0 Å². The fourth-order valence-corrected chi connectivity index (χ4v) is 1.89. The van der Waals surface area contributed by atoms with Crippen LogP contribution in [0.2, 0.25) is 5.02 Å². The Morgan fingerprint density at radius 3 is 2.82 bits per heavy atom. The molecule has 0 atom stereocenters. The van der Waals surface area contributed by atoms with Crippen molar-refractivity contribution in [1.82, 2.24) is 4.98 Å². The lowest BCUT2D eigenvalue weighted by atomic mass is 9.98. The first-order valence-corrected chi connectivity index (χ1v) is 6.01. The number of ketones is 1. The summed E-state index contributed by atoms with van der Waals surface area (Å²) in [5.74, 6) is 0.304. The lowest BCUT2D eigenvalue weighted by Gasteiger charge is -2.07. The Morgan fingerprint density at radius 1 is 1.35 bits per heavy atom. The summed E-state index contributed by atoms with van der Waals surface area (Å²) >= 11 is 5.92. The Morgan fingerprint density at radius 2 is 2.12 bits per heavy atom. The average Bonchev–Trinajstić information content (AvgIpc) is 2.28. The minimum absolute atomic E-state index is 0.0607. The second kappa shape index (κ2) is 4.84. The predicted octanol–water partition coefficient (Wildman–Crippen LogP) is 3.66. The van der Waals surface area contributed by atoms with Crippen molar-refractivity contribution >= 4 is 28.3 Å². The third-order valence-electron chi connectivity index (χ3n) is 2.80. The second-order valence-corrected chi connectivity index (χ2v) is 4.87. The van der Waals surface area contributed by atoms with Crippen molar-refractivity contribution in [3.8, 4) is 0 Å². The molecule has 0 radical (unpaired) electrons. The van der Waals surface area contributed by atoms with E-state index in [1.165, 1.54) is 0 Å². The van der Waals surface area contributed by atoms with Gasteiger partial charge in [-0.2, -0.15) is 0 Å². The van der Waals surface area contributed by atoms with Gasteiger partial charge in [0.1, 0.15) is 5.78 Å². The average molecular weight is 248 g/mol. The molecule has 2 nitrogen and oxygen atoms in total. The molecule has 88 valence electrons. The summed E-state index contributed by atoms with van der Waals surface area (Å²) in [7, 11) is 0. The molecule has 0 aliphatic rings. The largest absolute Gasteiger partial charge is 0.299 e. The van der Waals surface area contributed by atoms with E-state index in [9.17, 15) is 4.79 Å². The lowest BCUT2D eigenvalue weighted by Crippen LogP contribution is -2.10. The van der Waals surface area contributed by atoms with Crippen molar-refractivity contribution in [1.29, 1.82) is 0 Å². The fraction of sp³-hybridized carbons (Fsp3) is 0.286. The Labute approximate surface area is 106 Å². The van der Waals surface area contributed by atoms with E-state index < -0.39 is 0 Å². The van der Waals surface area contributed by atoms with Gasteiger partial charge < -0.3 is 0 Å². The van der Waals surface area contributed by atoms with Gasteiger partial charge in [-0.1, -0.05) is 31.5 Å². The van der Waals surface area contributed by atoms with Crippen molar-refractivity contribution < 1.29 is 4.79 Å². The quantitative estimate of drug-likeness (QED) is 0.829. The third-order valence-corrected chi connectivity index (χ3v) is 3.04. The highest BCUT2D eigenvalue weighted by Gasteiger charge is 2.10. The van der Waals surface area contributed by atoms with Crippen LogP contribution in [-0.4, -0.2) is 10.8 Å². The lowest BCUT2D eigenvalue weighted by molar-refractivity contribution is -0.121. The molecular weight excluding hydrogens is 234 g/mol. The number of Topliss-reactive ketones (excluding diaryl/α,β-unsaturated/α-hetero) is 1. The zero-order valence-corrected chi connectivity index (χ0v) is 10.7. The Kier molecular flexibility index (Phi) is 3.43. The monoisotopic (exact) mass is 247 g/mol. The summed E-state index contributed by atoms with van der Waals surface area (Å²) < 4.78 is 0. The fourth-order valence-electron chi connectivity index (χ4n) is 1.73. The van der Waals surface area contributed by atoms with Crippen molar-refractivity contribution in [3.63, 3.8) is 0 Å². The molecular formula is C14H14ClNO. The SMILES string of the molecule is CC(C)C(=O)Cc1ccnc2cc(Cl)ccc12. The molecule has 1 heterocycles. The van der Waals surface area contributed by atoms with Crippen molar-refractivity contribution in [2.75, 3.05) is 0 Å². The van der Waals surface area contributed by atoms with E-state index >= 15 is 0 Å². The molecule has 0 spiro atoms. The first-order chi connectivity index (χ1) is 8.08. The van der Waals surface area contributed by atoms with Crippen molar-refractivity contribution in [2.45, 2.75) is 20.3 Å². The van der Waals surface area contributed by atoms with Crippen LogP contribution in [0, 0.1) is 5.92 Å². The molecule has 0 aliphatic heterocycles. The molecule has 0 amide bonds. The number of rotatable bonds is 3. The number of nitrogens with zero attached hydrogens (tertiary/aromatic N) is 1. The number of aromatic nitrogens is 1. The van der Waals surface area contributed by atoms with E-state index in [0.29, 0.717) is 11.4 Å². The summed E-state index contributed by atoms with van der Waals surface area (Å²) in [6, 6.07) is 7.47. The van der Waals surface area contributed by atoms with Gasteiger partial charge in [-0.05, 0) is 23.8 Å². The maximum Gasteiger partial charge on any atom is 0.139 e. The molecule has 0 N–H and O–H groups in total. The maximum atomic E-state index is 11.8. The first kappa shape index (κ1) is 12.1. The molecule has 1 aromatic heterocycles. The van der Waals surface area contributed by atoms with Crippen molar-refractivity contribution in [3.05, 3.63) is 41.0 Å². The summed E-state index contributed by atoms with van der Waals surface area (Å²) in [5.41, 5.74) is 1.86. The molecule has 17 heavy (non-hydrogen) atoms. The molecule has 2 rings (SSSR count). The van der Waals surface area contributed by atoms with Gasteiger partial charge in [0.15, 0.2) is 0 Å². The van der Waals surface area contributed by atoms with Crippen LogP contribution in [0.15, 0.2) is 30.5 Å². The minimum atomic E-state index is 0.0607. The van der Waals surface area contributed by atoms with Crippen LogP contribution < -0.4 is 0 Å². The molecule has 0 aliphatic carbocycles. The molecule has 2 aromatic rings. The number of benzene rings is 1. The van der Waals surface area contributed by atoms with Crippen LogP contribution in [0.4, 0.5) is 0 Å². The highest BCUT2D eigenvalue weighted by atomic mass is 35.5. The number of hydrogen-bond acceptors (Lipinski definition) is 2.